The number of aliphatic imine (C=N–C) groups is 1. The van der Waals surface area contributed by atoms with Crippen molar-refractivity contribution in [3.05, 3.63) is 82.4 Å². The summed E-state index contributed by atoms with van der Waals surface area (Å²) in [7, 11) is 3.74. The molecule has 0 spiro atoms. The minimum atomic E-state index is -0.677. The molecule has 35 heavy (non-hydrogen) atoms. The van der Waals surface area contributed by atoms with Crippen molar-refractivity contribution in [3.63, 3.8) is 0 Å². The highest BCUT2D eigenvalue weighted by Crippen LogP contribution is 2.38. The number of nitrogens with zero attached hydrogens (tertiary/aromatic N) is 3. The van der Waals surface area contributed by atoms with Crippen LogP contribution in [0.1, 0.15) is 35.9 Å². The highest BCUT2D eigenvalue weighted by molar-refractivity contribution is 6.14. The molecule has 2 aromatic carbocycles. The van der Waals surface area contributed by atoms with E-state index in [1.54, 1.807) is 17.0 Å². The summed E-state index contributed by atoms with van der Waals surface area (Å²) in [4.78, 5) is 33.9. The Labute approximate surface area is 203 Å². The number of amidine groups is 1. The predicted octanol–water partition coefficient (Wildman–Crippen LogP) is 3.94. The van der Waals surface area contributed by atoms with Crippen LogP contribution >= 0.6 is 0 Å². The lowest BCUT2D eigenvalue weighted by Crippen LogP contribution is -2.47. The molecule has 184 valence electrons. The Morgan fingerprint density at radius 1 is 1.09 bits per heavy atom. The van der Waals surface area contributed by atoms with Crippen LogP contribution in [0.15, 0.2) is 64.7 Å². The Bertz CT molecular complexity index is 1190. The van der Waals surface area contributed by atoms with Crippen molar-refractivity contribution < 1.29 is 23.1 Å². The van der Waals surface area contributed by atoms with Crippen LogP contribution in [0.25, 0.3) is 0 Å². The Hall–Kier alpha value is -3.59. The van der Waals surface area contributed by atoms with Crippen molar-refractivity contribution in [2.45, 2.75) is 25.5 Å². The zero-order chi connectivity index (χ0) is 25.3. The first-order valence-corrected chi connectivity index (χ1v) is 11.3. The molecule has 2 aliphatic rings. The predicted molar refractivity (Wildman–Crippen MR) is 128 cm³/mol. The number of carbonyl (C=O) groups is 2. The minimum absolute atomic E-state index is 0.224. The number of hydrogen-bond acceptors (Lipinski definition) is 5. The second-order valence-electron chi connectivity index (χ2n) is 9.41. The van der Waals surface area contributed by atoms with E-state index in [2.05, 4.69) is 10.3 Å². The number of ether oxygens (including phenoxy) is 1. The molecule has 2 amide bonds. The van der Waals surface area contributed by atoms with Crippen LogP contribution in [-0.4, -0.2) is 66.9 Å². The first-order valence-electron chi connectivity index (χ1n) is 11.3. The van der Waals surface area contributed by atoms with Crippen LogP contribution in [0, 0.1) is 11.6 Å². The van der Waals surface area contributed by atoms with Gasteiger partial charge in [0, 0.05) is 17.7 Å². The molecule has 0 bridgehead atoms. The maximum absolute atomic E-state index is 13.4. The maximum Gasteiger partial charge on any atom is 0.411 e. The Kier molecular flexibility index (Phi) is 6.71. The van der Waals surface area contributed by atoms with Crippen molar-refractivity contribution in [2.75, 3.05) is 33.7 Å². The highest BCUT2D eigenvalue weighted by Gasteiger charge is 2.46. The molecular formula is C26H28F2N4O3. The van der Waals surface area contributed by atoms with E-state index in [-0.39, 0.29) is 12.4 Å². The molecule has 0 fully saturated rings. The topological polar surface area (TPSA) is 74.2 Å². The van der Waals surface area contributed by atoms with Gasteiger partial charge in [-0.05, 0) is 75.5 Å². The van der Waals surface area contributed by atoms with Crippen LogP contribution in [0.2, 0.25) is 0 Å². The third kappa shape index (κ3) is 5.09. The number of halogens is 2. The molecule has 7 nitrogen and oxygen atoms in total. The molecule has 2 heterocycles. The number of carbonyl (C=O) groups excluding carboxylic acids is 2. The van der Waals surface area contributed by atoms with Gasteiger partial charge in [0.2, 0.25) is 0 Å². The summed E-state index contributed by atoms with van der Waals surface area (Å²) in [5, 5.41) is 2.79. The van der Waals surface area contributed by atoms with Crippen LogP contribution in [0.4, 0.5) is 13.6 Å². The van der Waals surface area contributed by atoms with Gasteiger partial charge in [0.1, 0.15) is 23.6 Å². The summed E-state index contributed by atoms with van der Waals surface area (Å²) >= 11 is 0. The summed E-state index contributed by atoms with van der Waals surface area (Å²) in [6.45, 7) is 4.83. The Morgan fingerprint density at radius 3 is 2.29 bits per heavy atom. The van der Waals surface area contributed by atoms with Gasteiger partial charge in [-0.3, -0.25) is 14.7 Å². The van der Waals surface area contributed by atoms with Gasteiger partial charge in [-0.1, -0.05) is 12.1 Å². The second-order valence-corrected chi connectivity index (χ2v) is 9.41. The summed E-state index contributed by atoms with van der Waals surface area (Å²) in [6, 6.07) is 11.1. The lowest BCUT2D eigenvalue weighted by molar-refractivity contribution is 0.0383. The number of hydrogen-bond donors (Lipinski definition) is 1. The van der Waals surface area contributed by atoms with E-state index in [4.69, 9.17) is 4.74 Å². The van der Waals surface area contributed by atoms with E-state index in [1.165, 1.54) is 36.4 Å². The second kappa shape index (κ2) is 9.58. The average Bonchev–Trinajstić information content (AvgIpc) is 3.32. The van der Waals surface area contributed by atoms with Crippen molar-refractivity contribution in [1.29, 1.82) is 0 Å². The summed E-state index contributed by atoms with van der Waals surface area (Å²) < 4.78 is 32.5. The van der Waals surface area contributed by atoms with Crippen LogP contribution in [0.5, 0.6) is 0 Å². The van der Waals surface area contributed by atoms with E-state index in [1.807, 2.05) is 32.8 Å². The molecule has 2 aromatic rings. The standard InChI is InChI=1S/C26H28F2N4O3/c1-26(2)21-13-29-23(30-24(33)17-7-11-19(28)12-8-17)20(21)14-32(26)25(34)35-22(15-31(3)4)16-5-9-18(27)10-6-16/h5-12,22H,13-15H2,1-4H3,(H,29,30,33). The first kappa shape index (κ1) is 24.5. The molecule has 1 N–H and O–H groups in total. The van der Waals surface area contributed by atoms with Crippen molar-refractivity contribution in [3.8, 4) is 0 Å². The third-order valence-corrected chi connectivity index (χ3v) is 6.35. The molecule has 0 aliphatic carbocycles. The van der Waals surface area contributed by atoms with E-state index in [0.717, 1.165) is 11.1 Å². The molecule has 0 saturated heterocycles. The van der Waals surface area contributed by atoms with Crippen LogP contribution < -0.4 is 5.32 Å². The maximum atomic E-state index is 13.4. The monoisotopic (exact) mass is 482 g/mol. The first-order chi connectivity index (χ1) is 16.6. The van der Waals surface area contributed by atoms with Gasteiger partial charge in [0.05, 0.1) is 18.6 Å². The van der Waals surface area contributed by atoms with Crippen molar-refractivity contribution in [2.24, 2.45) is 4.99 Å². The van der Waals surface area contributed by atoms with Gasteiger partial charge in [-0.25, -0.2) is 13.6 Å². The van der Waals surface area contributed by atoms with Crippen molar-refractivity contribution in [1.82, 2.24) is 15.1 Å². The average molecular weight is 483 g/mol. The van der Waals surface area contributed by atoms with Gasteiger partial charge in [0.15, 0.2) is 0 Å². The molecular weight excluding hydrogens is 454 g/mol. The SMILES string of the molecule is CN(C)CC(OC(=O)N1CC2=C(CN=C2NC(=O)c2ccc(F)cc2)C1(C)C)c1ccc(F)cc1. The minimum Gasteiger partial charge on any atom is -0.440 e. The quantitative estimate of drug-likeness (QED) is 0.701. The van der Waals surface area contributed by atoms with E-state index >= 15 is 0 Å². The Balaban J connectivity index is 1.48. The third-order valence-electron chi connectivity index (χ3n) is 6.35. The van der Waals surface area contributed by atoms with Gasteiger partial charge >= 0.3 is 6.09 Å². The van der Waals surface area contributed by atoms with Gasteiger partial charge < -0.3 is 15.0 Å². The van der Waals surface area contributed by atoms with E-state index in [9.17, 15) is 18.4 Å². The van der Waals surface area contributed by atoms with Gasteiger partial charge in [-0.2, -0.15) is 0 Å². The molecule has 1 atom stereocenters. The van der Waals surface area contributed by atoms with Crippen LogP contribution in [0.3, 0.4) is 0 Å². The number of benzene rings is 2. The van der Waals surface area contributed by atoms with E-state index in [0.29, 0.717) is 30.1 Å². The summed E-state index contributed by atoms with van der Waals surface area (Å²) in [5.74, 6) is -0.788. The molecule has 9 heteroatoms. The highest BCUT2D eigenvalue weighted by atomic mass is 19.1. The summed E-state index contributed by atoms with van der Waals surface area (Å²) in [6.07, 6.45) is -1.10. The molecule has 1 unspecified atom stereocenters. The molecule has 0 saturated carbocycles. The fraction of sp³-hybridized carbons (Fsp3) is 0.346. The van der Waals surface area contributed by atoms with Gasteiger partial charge in [0.25, 0.3) is 5.91 Å². The number of nitrogens with one attached hydrogen (secondary N) is 1. The normalized spacial score (nSPS) is 17.3. The number of rotatable bonds is 5. The molecule has 4 rings (SSSR count). The lowest BCUT2D eigenvalue weighted by Gasteiger charge is -2.35. The van der Waals surface area contributed by atoms with Gasteiger partial charge in [-0.15, -0.1) is 0 Å². The molecule has 2 aliphatic heterocycles. The number of amides is 2. The smallest absolute Gasteiger partial charge is 0.411 e. The molecule has 0 aromatic heterocycles. The molecule has 0 radical (unpaired) electrons. The summed E-state index contributed by atoms with van der Waals surface area (Å²) in [5.41, 5.74) is 2.02. The zero-order valence-electron chi connectivity index (χ0n) is 20.1. The lowest BCUT2D eigenvalue weighted by atomic mass is 9.94. The number of likely N-dealkylation sites (N-methyl/N-ethyl adjacent to an activating group) is 1. The zero-order valence-corrected chi connectivity index (χ0v) is 20.1. The largest absolute Gasteiger partial charge is 0.440 e. The van der Waals surface area contributed by atoms with Crippen LogP contribution in [-0.2, 0) is 4.74 Å². The van der Waals surface area contributed by atoms with E-state index < -0.39 is 29.5 Å². The Morgan fingerprint density at radius 2 is 1.69 bits per heavy atom. The fourth-order valence-electron chi connectivity index (χ4n) is 4.34. The fourth-order valence-corrected chi connectivity index (χ4v) is 4.34. The van der Waals surface area contributed by atoms with Crippen molar-refractivity contribution >= 4 is 17.8 Å².